The van der Waals surface area contributed by atoms with Gasteiger partial charge in [0.25, 0.3) is 5.91 Å². The van der Waals surface area contributed by atoms with Gasteiger partial charge >= 0.3 is 0 Å². The van der Waals surface area contributed by atoms with Crippen LogP contribution < -0.4 is 0 Å². The highest BCUT2D eigenvalue weighted by Crippen LogP contribution is 2.21. The smallest absolute Gasteiger partial charge is 0.268 e. The van der Waals surface area contributed by atoms with E-state index in [1.165, 1.54) is 14.2 Å². The number of hydroxylamine groups is 2. The maximum absolute atomic E-state index is 11.5. The zero-order chi connectivity index (χ0) is 10.6. The second-order valence-corrected chi connectivity index (χ2v) is 3.23. The summed E-state index contributed by atoms with van der Waals surface area (Å²) in [6.07, 6.45) is 0. The highest BCUT2D eigenvalue weighted by molar-refractivity contribution is 6.30. The van der Waals surface area contributed by atoms with Crippen LogP contribution in [-0.4, -0.2) is 25.1 Å². The van der Waals surface area contributed by atoms with E-state index >= 15 is 0 Å². The average molecular weight is 214 g/mol. The van der Waals surface area contributed by atoms with Gasteiger partial charge in [-0.15, -0.1) is 11.6 Å². The highest BCUT2D eigenvalue weighted by atomic mass is 35.5. The lowest BCUT2D eigenvalue weighted by molar-refractivity contribution is -0.168. The van der Waals surface area contributed by atoms with Crippen molar-refractivity contribution in [1.29, 1.82) is 0 Å². The van der Waals surface area contributed by atoms with Crippen molar-refractivity contribution in [1.82, 2.24) is 5.06 Å². The van der Waals surface area contributed by atoms with Crippen molar-refractivity contribution in [3.63, 3.8) is 0 Å². The molecule has 14 heavy (non-hydrogen) atoms. The summed E-state index contributed by atoms with van der Waals surface area (Å²) in [5, 5.41) is 0.422. The Morgan fingerprint density at radius 1 is 1.43 bits per heavy atom. The normalized spacial score (nSPS) is 12.2. The Morgan fingerprint density at radius 3 is 2.50 bits per heavy atom. The fourth-order valence-corrected chi connectivity index (χ4v) is 1.30. The summed E-state index contributed by atoms with van der Waals surface area (Å²) in [4.78, 5) is 16.3. The van der Waals surface area contributed by atoms with Crippen LogP contribution in [0.2, 0.25) is 0 Å². The van der Waals surface area contributed by atoms with Gasteiger partial charge in [-0.25, -0.2) is 5.06 Å². The van der Waals surface area contributed by atoms with Crippen molar-refractivity contribution in [2.45, 2.75) is 5.38 Å². The summed E-state index contributed by atoms with van der Waals surface area (Å²) in [6.45, 7) is 0. The lowest BCUT2D eigenvalue weighted by Gasteiger charge is -2.17. The van der Waals surface area contributed by atoms with Crippen molar-refractivity contribution >= 4 is 17.5 Å². The molecule has 0 saturated heterocycles. The Morgan fingerprint density at radius 2 is 2.00 bits per heavy atom. The minimum atomic E-state index is -0.693. The molecule has 0 fully saturated rings. The molecule has 0 saturated carbocycles. The predicted molar refractivity (Wildman–Crippen MR) is 54.8 cm³/mol. The fraction of sp³-hybridized carbons (Fsp3) is 0.300. The Hall–Kier alpha value is -1.06. The van der Waals surface area contributed by atoms with E-state index in [1.807, 2.05) is 18.2 Å². The number of alkyl halides is 1. The Kier molecular flexibility index (Phi) is 3.92. The van der Waals surface area contributed by atoms with Crippen LogP contribution in [0.3, 0.4) is 0 Å². The number of carbonyl (C=O) groups excluding carboxylic acids is 1. The van der Waals surface area contributed by atoms with E-state index in [4.69, 9.17) is 16.4 Å². The second kappa shape index (κ2) is 4.98. The van der Waals surface area contributed by atoms with E-state index in [2.05, 4.69) is 0 Å². The average Bonchev–Trinajstić information content (AvgIpc) is 2.27. The summed E-state index contributed by atoms with van der Waals surface area (Å²) in [5.74, 6) is -0.277. The fourth-order valence-electron chi connectivity index (χ4n) is 1.01. The van der Waals surface area contributed by atoms with Crippen LogP contribution in [0.1, 0.15) is 10.9 Å². The Bertz CT molecular complexity index is 302. The molecule has 0 heterocycles. The summed E-state index contributed by atoms with van der Waals surface area (Å²) in [7, 11) is 2.95. The monoisotopic (exact) mass is 213 g/mol. The molecule has 0 aliphatic heterocycles. The van der Waals surface area contributed by atoms with E-state index in [0.717, 1.165) is 10.6 Å². The lowest BCUT2D eigenvalue weighted by atomic mass is 10.1. The molecular formula is C10H12ClNO2. The standard InChI is InChI=1S/C10H12ClNO2/c1-12(14-2)10(13)9(11)8-6-4-3-5-7-8/h3-7,9H,1-2H3. The summed E-state index contributed by atoms with van der Waals surface area (Å²) >= 11 is 5.96. The molecule has 1 amide bonds. The van der Waals surface area contributed by atoms with Crippen LogP contribution in [0.5, 0.6) is 0 Å². The Labute approximate surface area is 88.2 Å². The topological polar surface area (TPSA) is 29.5 Å². The molecule has 0 aromatic heterocycles. The van der Waals surface area contributed by atoms with Crippen molar-refractivity contribution in [3.05, 3.63) is 35.9 Å². The van der Waals surface area contributed by atoms with Crippen LogP contribution >= 0.6 is 11.6 Å². The zero-order valence-electron chi connectivity index (χ0n) is 8.11. The molecule has 0 bridgehead atoms. The number of amides is 1. The first-order valence-corrected chi connectivity index (χ1v) is 4.61. The van der Waals surface area contributed by atoms with Gasteiger partial charge in [0.2, 0.25) is 0 Å². The van der Waals surface area contributed by atoms with Crippen molar-refractivity contribution < 1.29 is 9.63 Å². The summed E-state index contributed by atoms with van der Waals surface area (Å²) in [6, 6.07) is 9.16. The van der Waals surface area contributed by atoms with E-state index < -0.39 is 5.38 Å². The Balaban J connectivity index is 2.76. The molecular weight excluding hydrogens is 202 g/mol. The molecule has 4 heteroatoms. The molecule has 0 aliphatic carbocycles. The van der Waals surface area contributed by atoms with Gasteiger partial charge < -0.3 is 0 Å². The minimum absolute atomic E-state index is 0.277. The van der Waals surface area contributed by atoms with Gasteiger partial charge in [0.15, 0.2) is 0 Å². The third-order valence-corrected chi connectivity index (χ3v) is 2.33. The van der Waals surface area contributed by atoms with Crippen LogP contribution in [0, 0.1) is 0 Å². The van der Waals surface area contributed by atoms with Crippen LogP contribution in [0.4, 0.5) is 0 Å². The largest absolute Gasteiger partial charge is 0.275 e. The first-order chi connectivity index (χ1) is 6.66. The molecule has 1 aromatic carbocycles. The number of nitrogens with zero attached hydrogens (tertiary/aromatic N) is 1. The van der Waals surface area contributed by atoms with Gasteiger partial charge in [0, 0.05) is 7.05 Å². The second-order valence-electron chi connectivity index (χ2n) is 2.79. The van der Waals surface area contributed by atoms with Gasteiger partial charge in [0.1, 0.15) is 5.38 Å². The van der Waals surface area contributed by atoms with Crippen molar-refractivity contribution in [3.8, 4) is 0 Å². The molecule has 1 unspecified atom stereocenters. The quantitative estimate of drug-likeness (QED) is 0.568. The number of hydrogen-bond donors (Lipinski definition) is 0. The van der Waals surface area contributed by atoms with Gasteiger partial charge in [-0.2, -0.15) is 0 Å². The van der Waals surface area contributed by atoms with Crippen LogP contribution in [0.25, 0.3) is 0 Å². The molecule has 0 N–H and O–H groups in total. The van der Waals surface area contributed by atoms with E-state index in [9.17, 15) is 4.79 Å². The highest BCUT2D eigenvalue weighted by Gasteiger charge is 2.20. The predicted octanol–water partition coefficient (Wildman–Crippen LogP) is 1.99. The van der Waals surface area contributed by atoms with Gasteiger partial charge in [-0.05, 0) is 5.56 Å². The van der Waals surface area contributed by atoms with E-state index in [1.54, 1.807) is 12.1 Å². The number of hydrogen-bond acceptors (Lipinski definition) is 2. The SMILES string of the molecule is CON(C)C(=O)C(Cl)c1ccccc1. The number of carbonyl (C=O) groups is 1. The molecule has 1 aromatic rings. The molecule has 0 radical (unpaired) electrons. The number of likely N-dealkylation sites (N-methyl/N-ethyl adjacent to an activating group) is 1. The summed E-state index contributed by atoms with van der Waals surface area (Å²) < 4.78 is 0. The van der Waals surface area contributed by atoms with Gasteiger partial charge in [-0.3, -0.25) is 9.63 Å². The van der Waals surface area contributed by atoms with E-state index in [-0.39, 0.29) is 5.91 Å². The van der Waals surface area contributed by atoms with Crippen LogP contribution in [0.15, 0.2) is 30.3 Å². The van der Waals surface area contributed by atoms with Crippen LogP contribution in [-0.2, 0) is 9.63 Å². The third kappa shape index (κ3) is 2.47. The maximum atomic E-state index is 11.5. The van der Waals surface area contributed by atoms with E-state index in [0.29, 0.717) is 0 Å². The first-order valence-electron chi connectivity index (χ1n) is 4.17. The van der Waals surface area contributed by atoms with Crippen molar-refractivity contribution in [2.75, 3.05) is 14.2 Å². The maximum Gasteiger partial charge on any atom is 0.268 e. The van der Waals surface area contributed by atoms with Gasteiger partial charge in [-0.1, -0.05) is 30.3 Å². The number of halogens is 1. The summed E-state index contributed by atoms with van der Waals surface area (Å²) in [5.41, 5.74) is 0.767. The third-order valence-electron chi connectivity index (χ3n) is 1.89. The van der Waals surface area contributed by atoms with Crippen molar-refractivity contribution in [2.24, 2.45) is 0 Å². The first kappa shape index (κ1) is 11.0. The minimum Gasteiger partial charge on any atom is -0.275 e. The number of rotatable bonds is 3. The van der Waals surface area contributed by atoms with Gasteiger partial charge in [0.05, 0.1) is 7.11 Å². The molecule has 76 valence electrons. The zero-order valence-corrected chi connectivity index (χ0v) is 8.86. The molecule has 3 nitrogen and oxygen atoms in total. The lowest BCUT2D eigenvalue weighted by Crippen LogP contribution is -2.28. The molecule has 0 aliphatic rings. The molecule has 1 rings (SSSR count). The molecule has 0 spiro atoms. The molecule has 1 atom stereocenters. The number of benzene rings is 1.